The molecule has 1 N–H and O–H groups in total. The van der Waals surface area contributed by atoms with Crippen molar-refractivity contribution in [2.45, 2.75) is 33.3 Å². The molecule has 3 aromatic rings. The molecule has 0 aliphatic rings. The fourth-order valence-electron chi connectivity index (χ4n) is 2.88. The lowest BCUT2D eigenvalue weighted by atomic mass is 10.2. The highest BCUT2D eigenvalue weighted by atomic mass is 32.1. The maximum atomic E-state index is 12.3. The summed E-state index contributed by atoms with van der Waals surface area (Å²) >= 11 is 1.38. The number of rotatable bonds is 10. The van der Waals surface area contributed by atoms with Crippen LogP contribution in [0.1, 0.15) is 32.8 Å². The number of benzene rings is 2. The monoisotopic (exact) mass is 452 g/mol. The SMILES string of the molecule is CCCOc1ccc(C=CC(=O)Nc2nc(-c3ccc(OC(C)C)cc3)cs2)cc1OC. The number of carbonyl (C=O) groups excluding carboxylic acids is 1. The number of carbonyl (C=O) groups is 1. The fraction of sp³-hybridized carbons (Fsp3) is 0.280. The second kappa shape index (κ2) is 11.3. The number of amides is 1. The minimum absolute atomic E-state index is 0.128. The molecule has 0 saturated carbocycles. The first-order chi connectivity index (χ1) is 15.5. The lowest BCUT2D eigenvalue weighted by Crippen LogP contribution is -2.07. The van der Waals surface area contributed by atoms with Gasteiger partial charge in [0.05, 0.1) is 25.5 Å². The third-order valence-electron chi connectivity index (χ3n) is 4.33. The van der Waals surface area contributed by atoms with E-state index in [1.807, 2.05) is 68.6 Å². The van der Waals surface area contributed by atoms with Crippen molar-refractivity contribution < 1.29 is 19.0 Å². The van der Waals surface area contributed by atoms with Crippen LogP contribution in [0.5, 0.6) is 17.2 Å². The summed E-state index contributed by atoms with van der Waals surface area (Å²) in [6.07, 6.45) is 4.24. The minimum atomic E-state index is -0.253. The molecule has 2 aromatic carbocycles. The van der Waals surface area contributed by atoms with E-state index in [1.54, 1.807) is 13.2 Å². The highest BCUT2D eigenvalue weighted by Gasteiger charge is 2.08. The zero-order valence-corrected chi connectivity index (χ0v) is 19.6. The van der Waals surface area contributed by atoms with Gasteiger partial charge >= 0.3 is 0 Å². The second-order valence-electron chi connectivity index (χ2n) is 7.31. The molecule has 0 radical (unpaired) electrons. The van der Waals surface area contributed by atoms with E-state index < -0.39 is 0 Å². The molecule has 0 atom stereocenters. The first-order valence-electron chi connectivity index (χ1n) is 10.5. The third-order valence-corrected chi connectivity index (χ3v) is 5.09. The van der Waals surface area contributed by atoms with Crippen LogP contribution in [0, 0.1) is 0 Å². The number of hydrogen-bond acceptors (Lipinski definition) is 6. The molecule has 1 heterocycles. The van der Waals surface area contributed by atoms with Crippen LogP contribution in [0.15, 0.2) is 53.9 Å². The zero-order valence-electron chi connectivity index (χ0n) is 18.8. The highest BCUT2D eigenvalue weighted by molar-refractivity contribution is 7.14. The van der Waals surface area contributed by atoms with Gasteiger partial charge in [0.2, 0.25) is 5.91 Å². The van der Waals surface area contributed by atoms with Crippen LogP contribution >= 0.6 is 11.3 Å². The first-order valence-corrected chi connectivity index (χ1v) is 11.4. The van der Waals surface area contributed by atoms with Crippen molar-refractivity contribution >= 4 is 28.5 Å². The van der Waals surface area contributed by atoms with Crippen molar-refractivity contribution in [1.82, 2.24) is 4.98 Å². The predicted octanol–water partition coefficient (Wildman–Crippen LogP) is 6.05. The lowest BCUT2D eigenvalue weighted by Gasteiger charge is -2.10. The van der Waals surface area contributed by atoms with Gasteiger partial charge in [0.15, 0.2) is 16.6 Å². The average Bonchev–Trinajstić information content (AvgIpc) is 3.25. The number of nitrogens with one attached hydrogen (secondary N) is 1. The Hall–Kier alpha value is -3.32. The summed E-state index contributed by atoms with van der Waals surface area (Å²) < 4.78 is 16.7. The van der Waals surface area contributed by atoms with Crippen molar-refractivity contribution in [2.75, 3.05) is 19.0 Å². The number of methoxy groups -OCH3 is 1. The van der Waals surface area contributed by atoms with Gasteiger partial charge < -0.3 is 14.2 Å². The lowest BCUT2D eigenvalue weighted by molar-refractivity contribution is -0.111. The molecular weight excluding hydrogens is 424 g/mol. The van der Waals surface area contributed by atoms with Crippen molar-refractivity contribution in [2.24, 2.45) is 0 Å². The Bertz CT molecular complexity index is 1060. The molecule has 0 fully saturated rings. The highest BCUT2D eigenvalue weighted by Crippen LogP contribution is 2.29. The van der Waals surface area contributed by atoms with Crippen LogP contribution in [0.25, 0.3) is 17.3 Å². The van der Waals surface area contributed by atoms with Crippen LogP contribution in [0.4, 0.5) is 5.13 Å². The zero-order chi connectivity index (χ0) is 22.9. The maximum absolute atomic E-state index is 12.3. The van der Waals surface area contributed by atoms with Crippen molar-refractivity contribution in [3.8, 4) is 28.5 Å². The Labute approximate surface area is 192 Å². The molecule has 0 saturated heterocycles. The van der Waals surface area contributed by atoms with Gasteiger partial charge in [-0.05, 0) is 68.3 Å². The molecule has 0 aliphatic heterocycles. The Morgan fingerprint density at radius 3 is 2.62 bits per heavy atom. The van der Waals surface area contributed by atoms with E-state index in [9.17, 15) is 4.79 Å². The predicted molar refractivity (Wildman–Crippen MR) is 130 cm³/mol. The van der Waals surface area contributed by atoms with Crippen LogP contribution in [-0.2, 0) is 4.79 Å². The number of thiazole rings is 1. The molecule has 1 amide bonds. The first kappa shape index (κ1) is 23.3. The van der Waals surface area contributed by atoms with Crippen molar-refractivity contribution in [1.29, 1.82) is 0 Å². The minimum Gasteiger partial charge on any atom is -0.493 e. The van der Waals surface area contributed by atoms with Gasteiger partial charge in [0, 0.05) is 17.0 Å². The van der Waals surface area contributed by atoms with Gasteiger partial charge in [-0.1, -0.05) is 13.0 Å². The van der Waals surface area contributed by atoms with E-state index in [4.69, 9.17) is 14.2 Å². The number of ether oxygens (including phenoxy) is 3. The van der Waals surface area contributed by atoms with Gasteiger partial charge in [-0.25, -0.2) is 4.98 Å². The van der Waals surface area contributed by atoms with E-state index in [2.05, 4.69) is 10.3 Å². The standard InChI is InChI=1S/C25H28N2O4S/c1-5-14-30-22-12-6-18(15-23(22)29-4)7-13-24(28)27-25-26-21(16-32-25)19-8-10-20(11-9-19)31-17(2)3/h6-13,15-17H,5,14H2,1-4H3,(H,26,27,28). The normalized spacial score (nSPS) is 11.0. The molecule has 3 rings (SSSR count). The number of aromatic nitrogens is 1. The smallest absolute Gasteiger partial charge is 0.250 e. The molecule has 0 spiro atoms. The van der Waals surface area contributed by atoms with Gasteiger partial charge in [0.1, 0.15) is 5.75 Å². The largest absolute Gasteiger partial charge is 0.493 e. The van der Waals surface area contributed by atoms with Crippen LogP contribution < -0.4 is 19.5 Å². The summed E-state index contributed by atoms with van der Waals surface area (Å²) in [5.74, 6) is 1.89. The van der Waals surface area contributed by atoms with Crippen LogP contribution in [0.2, 0.25) is 0 Å². The van der Waals surface area contributed by atoms with E-state index in [1.165, 1.54) is 17.4 Å². The Morgan fingerprint density at radius 1 is 1.16 bits per heavy atom. The number of nitrogens with zero attached hydrogens (tertiary/aromatic N) is 1. The summed E-state index contributed by atoms with van der Waals surface area (Å²) in [5, 5.41) is 5.26. The van der Waals surface area contributed by atoms with Gasteiger partial charge in [0.25, 0.3) is 0 Å². The van der Waals surface area contributed by atoms with Crippen molar-refractivity contribution in [3.63, 3.8) is 0 Å². The summed E-state index contributed by atoms with van der Waals surface area (Å²) in [4.78, 5) is 16.8. The summed E-state index contributed by atoms with van der Waals surface area (Å²) in [7, 11) is 1.60. The van der Waals surface area contributed by atoms with E-state index in [0.717, 1.165) is 29.0 Å². The topological polar surface area (TPSA) is 69.7 Å². The summed E-state index contributed by atoms with van der Waals surface area (Å²) in [5.41, 5.74) is 2.60. The van der Waals surface area contributed by atoms with E-state index in [0.29, 0.717) is 23.2 Å². The molecular formula is C25H28N2O4S. The van der Waals surface area contributed by atoms with Gasteiger partial charge in [-0.2, -0.15) is 0 Å². The summed E-state index contributed by atoms with van der Waals surface area (Å²) in [6, 6.07) is 13.3. The molecule has 32 heavy (non-hydrogen) atoms. The number of hydrogen-bond donors (Lipinski definition) is 1. The average molecular weight is 453 g/mol. The van der Waals surface area contributed by atoms with Gasteiger partial charge in [-0.3, -0.25) is 10.1 Å². The molecule has 168 valence electrons. The Balaban J connectivity index is 1.61. The number of anilines is 1. The molecule has 0 aliphatic carbocycles. The summed E-state index contributed by atoms with van der Waals surface area (Å²) in [6.45, 7) is 6.66. The van der Waals surface area contributed by atoms with Crippen LogP contribution in [0.3, 0.4) is 0 Å². The Morgan fingerprint density at radius 2 is 1.94 bits per heavy atom. The van der Waals surface area contributed by atoms with Crippen LogP contribution in [-0.4, -0.2) is 30.7 Å². The van der Waals surface area contributed by atoms with Gasteiger partial charge in [-0.15, -0.1) is 11.3 Å². The quantitative estimate of drug-likeness (QED) is 0.379. The molecule has 0 unspecified atom stereocenters. The van der Waals surface area contributed by atoms with Crippen molar-refractivity contribution in [3.05, 3.63) is 59.5 Å². The fourth-order valence-corrected chi connectivity index (χ4v) is 3.60. The Kier molecular flexibility index (Phi) is 8.27. The molecule has 1 aromatic heterocycles. The third kappa shape index (κ3) is 6.59. The maximum Gasteiger partial charge on any atom is 0.250 e. The molecule has 6 nitrogen and oxygen atoms in total. The van der Waals surface area contributed by atoms with E-state index >= 15 is 0 Å². The van der Waals surface area contributed by atoms with E-state index in [-0.39, 0.29) is 12.0 Å². The second-order valence-corrected chi connectivity index (χ2v) is 8.17. The molecule has 0 bridgehead atoms. The molecule has 7 heteroatoms.